The number of para-hydroxylation sites is 1. The zero-order valence-corrected chi connectivity index (χ0v) is 9.84. The van der Waals surface area contributed by atoms with Crippen LogP contribution in [-0.4, -0.2) is 37.7 Å². The molecule has 2 rings (SSSR count). The van der Waals surface area contributed by atoms with Crippen molar-refractivity contribution in [2.75, 3.05) is 20.4 Å². The maximum atomic E-state index is 11.1. The van der Waals surface area contributed by atoms with Gasteiger partial charge in [0.2, 0.25) is 6.29 Å². The average Bonchev–Trinajstić information content (AvgIpc) is 2.39. The van der Waals surface area contributed by atoms with Crippen LogP contribution in [-0.2, 0) is 16.1 Å². The van der Waals surface area contributed by atoms with Gasteiger partial charge in [-0.15, -0.1) is 0 Å². The fourth-order valence-electron chi connectivity index (χ4n) is 1.70. The topological polar surface area (TPSA) is 65.1 Å². The SMILES string of the molecule is COC(=O)Oc1cccc2c1OCN(C[C]=O)C2. The van der Waals surface area contributed by atoms with Gasteiger partial charge in [0, 0.05) is 12.1 Å². The number of ether oxygens (including phenoxy) is 3. The fourth-order valence-corrected chi connectivity index (χ4v) is 1.70. The lowest BCUT2D eigenvalue weighted by Crippen LogP contribution is -2.33. The lowest BCUT2D eigenvalue weighted by Gasteiger charge is -2.27. The van der Waals surface area contributed by atoms with E-state index in [-0.39, 0.29) is 13.3 Å². The Morgan fingerprint density at radius 2 is 2.39 bits per heavy atom. The number of hydrogen-bond donors (Lipinski definition) is 0. The maximum absolute atomic E-state index is 11.1. The molecule has 95 valence electrons. The van der Waals surface area contributed by atoms with Crippen molar-refractivity contribution in [3.8, 4) is 11.5 Å². The van der Waals surface area contributed by atoms with E-state index in [1.165, 1.54) is 7.11 Å². The minimum atomic E-state index is -0.796. The van der Waals surface area contributed by atoms with Crippen LogP contribution in [0.1, 0.15) is 5.56 Å². The van der Waals surface area contributed by atoms with Gasteiger partial charge in [-0.1, -0.05) is 12.1 Å². The molecule has 0 spiro atoms. The number of rotatable bonds is 3. The predicted molar refractivity (Wildman–Crippen MR) is 61.1 cm³/mol. The average molecular weight is 250 g/mol. The van der Waals surface area contributed by atoms with E-state index in [0.717, 1.165) is 5.56 Å². The van der Waals surface area contributed by atoms with Crippen LogP contribution in [0.3, 0.4) is 0 Å². The highest BCUT2D eigenvalue weighted by atomic mass is 16.7. The summed E-state index contributed by atoms with van der Waals surface area (Å²) in [6.45, 7) is 0.980. The van der Waals surface area contributed by atoms with Crippen molar-refractivity contribution < 1.29 is 23.8 Å². The first-order chi connectivity index (χ1) is 8.74. The van der Waals surface area contributed by atoms with Gasteiger partial charge in [-0.25, -0.2) is 4.79 Å². The van der Waals surface area contributed by atoms with Gasteiger partial charge >= 0.3 is 6.16 Å². The third kappa shape index (κ3) is 2.60. The molecule has 0 unspecified atom stereocenters. The summed E-state index contributed by atoms with van der Waals surface area (Å²) in [5, 5.41) is 0. The van der Waals surface area contributed by atoms with Gasteiger partial charge in [0.15, 0.2) is 11.5 Å². The van der Waals surface area contributed by atoms with Crippen molar-refractivity contribution in [3.05, 3.63) is 23.8 Å². The second-order valence-electron chi connectivity index (χ2n) is 3.71. The zero-order valence-electron chi connectivity index (χ0n) is 9.84. The van der Waals surface area contributed by atoms with E-state index in [1.807, 2.05) is 12.4 Å². The van der Waals surface area contributed by atoms with Crippen LogP contribution in [0.15, 0.2) is 18.2 Å². The molecule has 1 aliphatic heterocycles. The number of carbonyl (C=O) groups is 1. The zero-order chi connectivity index (χ0) is 13.0. The van der Waals surface area contributed by atoms with E-state index in [4.69, 9.17) is 9.47 Å². The van der Waals surface area contributed by atoms with Gasteiger partial charge in [-0.3, -0.25) is 9.69 Å². The van der Waals surface area contributed by atoms with Crippen molar-refractivity contribution in [2.45, 2.75) is 6.54 Å². The van der Waals surface area contributed by atoms with Crippen LogP contribution in [0.5, 0.6) is 11.5 Å². The van der Waals surface area contributed by atoms with E-state index >= 15 is 0 Å². The van der Waals surface area contributed by atoms with Crippen LogP contribution in [0.2, 0.25) is 0 Å². The molecule has 1 aromatic carbocycles. The molecule has 0 fully saturated rings. The van der Waals surface area contributed by atoms with Crippen molar-refractivity contribution in [1.82, 2.24) is 4.90 Å². The Bertz CT molecular complexity index is 460. The molecule has 6 nitrogen and oxygen atoms in total. The lowest BCUT2D eigenvalue weighted by atomic mass is 10.1. The number of benzene rings is 1. The monoisotopic (exact) mass is 250 g/mol. The van der Waals surface area contributed by atoms with Crippen molar-refractivity contribution >= 4 is 12.4 Å². The van der Waals surface area contributed by atoms with Gasteiger partial charge in [0.05, 0.1) is 13.7 Å². The Morgan fingerprint density at radius 3 is 3.11 bits per heavy atom. The van der Waals surface area contributed by atoms with Crippen LogP contribution < -0.4 is 9.47 Å². The molecule has 18 heavy (non-hydrogen) atoms. The smallest absolute Gasteiger partial charge is 0.474 e. The molecule has 0 aliphatic carbocycles. The first-order valence-electron chi connectivity index (χ1n) is 5.32. The summed E-state index contributed by atoms with van der Waals surface area (Å²) >= 11 is 0. The van der Waals surface area contributed by atoms with Crippen molar-refractivity contribution in [3.63, 3.8) is 0 Å². The quantitative estimate of drug-likeness (QED) is 0.591. The molecule has 0 aromatic heterocycles. The van der Waals surface area contributed by atoms with Crippen LogP contribution in [0.4, 0.5) is 4.79 Å². The minimum Gasteiger partial charge on any atom is -0.474 e. The fraction of sp³-hybridized carbons (Fsp3) is 0.333. The van der Waals surface area contributed by atoms with Crippen LogP contribution >= 0.6 is 0 Å². The summed E-state index contributed by atoms with van der Waals surface area (Å²) in [7, 11) is 1.24. The molecule has 0 atom stereocenters. The van der Waals surface area contributed by atoms with E-state index in [9.17, 15) is 9.59 Å². The first kappa shape index (κ1) is 12.4. The number of methoxy groups -OCH3 is 1. The molecule has 0 N–H and O–H groups in total. The summed E-state index contributed by atoms with van der Waals surface area (Å²) in [5.41, 5.74) is 0.845. The number of fused-ring (bicyclic) bond motifs is 1. The van der Waals surface area contributed by atoms with E-state index in [2.05, 4.69) is 4.74 Å². The summed E-state index contributed by atoms with van der Waals surface area (Å²) in [4.78, 5) is 23.2. The number of nitrogens with zero attached hydrogens (tertiary/aromatic N) is 1. The molecular weight excluding hydrogens is 238 g/mol. The number of hydrogen-bond acceptors (Lipinski definition) is 6. The molecule has 1 aliphatic rings. The summed E-state index contributed by atoms with van der Waals surface area (Å²) in [6.07, 6.45) is 1.02. The molecule has 6 heteroatoms. The second kappa shape index (κ2) is 5.50. The molecule has 0 saturated heterocycles. The molecule has 0 saturated carbocycles. The molecule has 1 aromatic rings. The van der Waals surface area contributed by atoms with Crippen molar-refractivity contribution in [2.24, 2.45) is 0 Å². The molecule has 1 heterocycles. The second-order valence-corrected chi connectivity index (χ2v) is 3.71. The summed E-state index contributed by atoms with van der Waals surface area (Å²) < 4.78 is 14.9. The third-order valence-electron chi connectivity index (χ3n) is 2.49. The Morgan fingerprint density at radius 1 is 1.56 bits per heavy atom. The normalized spacial score (nSPS) is 14.3. The van der Waals surface area contributed by atoms with Gasteiger partial charge in [-0.05, 0) is 6.07 Å². The Labute approximate surface area is 104 Å². The third-order valence-corrected chi connectivity index (χ3v) is 2.49. The predicted octanol–water partition coefficient (Wildman–Crippen LogP) is 1.09. The highest BCUT2D eigenvalue weighted by molar-refractivity contribution is 5.66. The Hall–Kier alpha value is -2.08. The highest BCUT2D eigenvalue weighted by Crippen LogP contribution is 2.34. The van der Waals surface area contributed by atoms with E-state index in [1.54, 1.807) is 17.0 Å². The van der Waals surface area contributed by atoms with Crippen molar-refractivity contribution in [1.29, 1.82) is 0 Å². The van der Waals surface area contributed by atoms with Gasteiger partial charge < -0.3 is 14.2 Å². The summed E-state index contributed by atoms with van der Waals surface area (Å²) in [5.74, 6) is 0.819. The van der Waals surface area contributed by atoms with E-state index in [0.29, 0.717) is 18.0 Å². The standard InChI is InChI=1S/C12H12NO5/c1-16-12(15)18-10-4-2-3-9-7-13(5-6-14)8-17-11(9)10/h2-4H,5,7-8H2,1H3. The molecule has 0 bridgehead atoms. The van der Waals surface area contributed by atoms with Gasteiger partial charge in [0.1, 0.15) is 6.73 Å². The molecule has 0 amide bonds. The van der Waals surface area contributed by atoms with Crippen LogP contribution in [0.25, 0.3) is 0 Å². The minimum absolute atomic E-state index is 0.182. The molecule has 1 radical (unpaired) electrons. The number of carbonyl (C=O) groups excluding carboxylic acids is 2. The maximum Gasteiger partial charge on any atom is 0.513 e. The largest absolute Gasteiger partial charge is 0.513 e. The summed E-state index contributed by atoms with van der Waals surface area (Å²) in [6, 6.07) is 5.21. The molecular formula is C12H12NO5. The Balaban J connectivity index is 2.19. The lowest BCUT2D eigenvalue weighted by molar-refractivity contribution is 0.0974. The van der Waals surface area contributed by atoms with Gasteiger partial charge in [0.25, 0.3) is 0 Å². The Kier molecular flexibility index (Phi) is 3.78. The van der Waals surface area contributed by atoms with E-state index < -0.39 is 6.16 Å². The van der Waals surface area contributed by atoms with Gasteiger partial charge in [-0.2, -0.15) is 0 Å². The highest BCUT2D eigenvalue weighted by Gasteiger charge is 2.21. The van der Waals surface area contributed by atoms with Crippen LogP contribution in [0, 0.1) is 0 Å². The first-order valence-corrected chi connectivity index (χ1v) is 5.32.